The molecule has 0 N–H and O–H groups in total. The van der Waals surface area contributed by atoms with Crippen molar-refractivity contribution in [2.45, 2.75) is 32.8 Å². The number of ether oxygens (including phenoxy) is 1. The fourth-order valence-corrected chi connectivity index (χ4v) is 3.07. The largest absolute Gasteiger partial charge is 0.474 e. The first kappa shape index (κ1) is 17.8. The molecular formula is C18H20N4O4. The number of benzene rings is 1. The lowest BCUT2D eigenvalue weighted by Gasteiger charge is -2.32. The Kier molecular flexibility index (Phi) is 5.11. The lowest BCUT2D eigenvalue weighted by atomic mass is 10.1. The Hall–Kier alpha value is -3.03. The van der Waals surface area contributed by atoms with E-state index in [9.17, 15) is 14.9 Å². The minimum atomic E-state index is -0.525. The summed E-state index contributed by atoms with van der Waals surface area (Å²) in [5.41, 5.74) is 0.804. The molecule has 3 rings (SSSR count). The monoisotopic (exact) mass is 356 g/mol. The van der Waals surface area contributed by atoms with Crippen molar-refractivity contribution in [3.63, 3.8) is 0 Å². The number of aromatic nitrogens is 2. The number of amides is 1. The van der Waals surface area contributed by atoms with Gasteiger partial charge < -0.3 is 9.64 Å². The van der Waals surface area contributed by atoms with Gasteiger partial charge in [-0.15, -0.1) is 0 Å². The standard InChI is InChI=1S/C18H20N4O4/c1-12-11-17(20-13(2)19-12)26-14-7-9-21(10-8-14)18(23)15-5-3-4-6-16(15)22(24)25/h3-6,11,14H,7-10H2,1-2H3. The molecule has 0 unspecified atom stereocenters. The van der Waals surface area contributed by atoms with E-state index in [1.165, 1.54) is 12.1 Å². The fourth-order valence-electron chi connectivity index (χ4n) is 3.07. The zero-order valence-corrected chi connectivity index (χ0v) is 14.7. The first-order chi connectivity index (χ1) is 12.4. The molecule has 1 aliphatic rings. The van der Waals surface area contributed by atoms with Crippen LogP contribution in [0.15, 0.2) is 30.3 Å². The molecule has 0 atom stereocenters. The molecule has 1 saturated heterocycles. The number of nitro groups is 1. The summed E-state index contributed by atoms with van der Waals surface area (Å²) < 4.78 is 5.92. The molecule has 1 aliphatic heterocycles. The Morgan fingerprint density at radius 2 is 1.92 bits per heavy atom. The second-order valence-electron chi connectivity index (χ2n) is 6.28. The minimum absolute atomic E-state index is 0.0430. The van der Waals surface area contributed by atoms with Crippen molar-refractivity contribution in [3.05, 3.63) is 57.5 Å². The number of rotatable bonds is 4. The summed E-state index contributed by atoms with van der Waals surface area (Å²) in [7, 11) is 0. The number of likely N-dealkylation sites (tertiary alicyclic amines) is 1. The predicted octanol–water partition coefficient (Wildman–Crippen LogP) is 2.69. The van der Waals surface area contributed by atoms with E-state index in [4.69, 9.17) is 4.74 Å². The van der Waals surface area contributed by atoms with Gasteiger partial charge in [0.1, 0.15) is 17.5 Å². The third-order valence-electron chi connectivity index (χ3n) is 4.29. The van der Waals surface area contributed by atoms with Crippen LogP contribution in [0.4, 0.5) is 5.69 Å². The highest BCUT2D eigenvalue weighted by Crippen LogP contribution is 2.23. The lowest BCUT2D eigenvalue weighted by molar-refractivity contribution is -0.385. The molecule has 2 aromatic rings. The quantitative estimate of drug-likeness (QED) is 0.617. The van der Waals surface area contributed by atoms with E-state index in [-0.39, 0.29) is 23.3 Å². The van der Waals surface area contributed by atoms with Crippen molar-refractivity contribution < 1.29 is 14.5 Å². The number of para-hydroxylation sites is 1. The molecule has 0 aliphatic carbocycles. The van der Waals surface area contributed by atoms with Gasteiger partial charge in [-0.3, -0.25) is 14.9 Å². The molecule has 8 heteroatoms. The normalized spacial score (nSPS) is 14.9. The molecular weight excluding hydrogens is 336 g/mol. The number of nitro benzene ring substituents is 1. The lowest BCUT2D eigenvalue weighted by Crippen LogP contribution is -2.42. The summed E-state index contributed by atoms with van der Waals surface area (Å²) in [6.07, 6.45) is 1.25. The van der Waals surface area contributed by atoms with Gasteiger partial charge in [0.15, 0.2) is 0 Å². The summed E-state index contributed by atoms with van der Waals surface area (Å²) in [6.45, 7) is 4.67. The van der Waals surface area contributed by atoms with Crippen molar-refractivity contribution in [2.24, 2.45) is 0 Å². The van der Waals surface area contributed by atoms with Crippen LogP contribution in [0.2, 0.25) is 0 Å². The van der Waals surface area contributed by atoms with Crippen LogP contribution in [0.1, 0.15) is 34.7 Å². The molecule has 0 radical (unpaired) electrons. The van der Waals surface area contributed by atoms with Gasteiger partial charge in [-0.05, 0) is 19.9 Å². The van der Waals surface area contributed by atoms with E-state index in [1.807, 2.05) is 13.8 Å². The number of hydrogen-bond acceptors (Lipinski definition) is 6. The molecule has 0 saturated carbocycles. The summed E-state index contributed by atoms with van der Waals surface area (Å²) in [4.78, 5) is 33.4. The number of piperidine rings is 1. The maximum Gasteiger partial charge on any atom is 0.282 e. The molecule has 136 valence electrons. The first-order valence-corrected chi connectivity index (χ1v) is 8.45. The van der Waals surface area contributed by atoms with Gasteiger partial charge in [-0.25, -0.2) is 4.98 Å². The van der Waals surface area contributed by atoms with Crippen molar-refractivity contribution in [1.29, 1.82) is 0 Å². The topological polar surface area (TPSA) is 98.5 Å². The van der Waals surface area contributed by atoms with Crippen LogP contribution in [0.25, 0.3) is 0 Å². The molecule has 26 heavy (non-hydrogen) atoms. The summed E-state index contributed by atoms with van der Waals surface area (Å²) in [5, 5.41) is 11.1. The van der Waals surface area contributed by atoms with Crippen LogP contribution in [-0.4, -0.2) is 44.9 Å². The van der Waals surface area contributed by atoms with Crippen molar-refractivity contribution in [3.8, 4) is 5.88 Å². The number of hydrogen-bond donors (Lipinski definition) is 0. The maximum atomic E-state index is 12.6. The molecule has 2 heterocycles. The van der Waals surface area contributed by atoms with Crippen molar-refractivity contribution in [2.75, 3.05) is 13.1 Å². The van der Waals surface area contributed by atoms with Gasteiger partial charge in [-0.1, -0.05) is 12.1 Å². The molecule has 8 nitrogen and oxygen atoms in total. The molecule has 1 aromatic carbocycles. The third-order valence-corrected chi connectivity index (χ3v) is 4.29. The van der Waals surface area contributed by atoms with Gasteiger partial charge in [0, 0.05) is 43.8 Å². The molecule has 0 spiro atoms. The average molecular weight is 356 g/mol. The zero-order valence-electron chi connectivity index (χ0n) is 14.7. The van der Waals surface area contributed by atoms with E-state index >= 15 is 0 Å². The van der Waals surface area contributed by atoms with E-state index in [0.29, 0.717) is 37.6 Å². The summed E-state index contributed by atoms with van der Waals surface area (Å²) in [6, 6.07) is 7.83. The van der Waals surface area contributed by atoms with Crippen LogP contribution in [0.5, 0.6) is 5.88 Å². The molecule has 0 bridgehead atoms. The molecule has 1 aromatic heterocycles. The van der Waals surface area contributed by atoms with Crippen molar-refractivity contribution >= 4 is 11.6 Å². The maximum absolute atomic E-state index is 12.6. The summed E-state index contributed by atoms with van der Waals surface area (Å²) in [5.74, 6) is 0.881. The smallest absolute Gasteiger partial charge is 0.282 e. The second kappa shape index (κ2) is 7.47. The molecule has 1 fully saturated rings. The molecule has 1 amide bonds. The SMILES string of the molecule is Cc1cc(OC2CCN(C(=O)c3ccccc3[N+](=O)[O-])CC2)nc(C)n1. The van der Waals surface area contributed by atoms with Crippen LogP contribution in [-0.2, 0) is 0 Å². The summed E-state index contributed by atoms with van der Waals surface area (Å²) >= 11 is 0. The number of carbonyl (C=O) groups is 1. The minimum Gasteiger partial charge on any atom is -0.474 e. The number of aryl methyl sites for hydroxylation is 2. The first-order valence-electron chi connectivity index (χ1n) is 8.45. The van der Waals surface area contributed by atoms with Gasteiger partial charge in [0.05, 0.1) is 4.92 Å². The Morgan fingerprint density at radius 3 is 2.58 bits per heavy atom. The van der Waals surface area contributed by atoms with Crippen LogP contribution in [0.3, 0.4) is 0 Å². The highest BCUT2D eigenvalue weighted by Gasteiger charge is 2.28. The number of carbonyl (C=O) groups excluding carboxylic acids is 1. The number of nitrogens with zero attached hydrogens (tertiary/aromatic N) is 4. The van der Waals surface area contributed by atoms with Gasteiger partial charge >= 0.3 is 0 Å². The van der Waals surface area contributed by atoms with E-state index in [1.54, 1.807) is 23.1 Å². The van der Waals surface area contributed by atoms with Crippen LogP contribution < -0.4 is 4.74 Å². The van der Waals surface area contributed by atoms with Gasteiger partial charge in [0.25, 0.3) is 11.6 Å². The second-order valence-corrected chi connectivity index (χ2v) is 6.28. The highest BCUT2D eigenvalue weighted by atomic mass is 16.6. The van der Waals surface area contributed by atoms with Crippen LogP contribution >= 0.6 is 0 Å². The highest BCUT2D eigenvalue weighted by molar-refractivity contribution is 5.98. The van der Waals surface area contributed by atoms with Gasteiger partial charge in [-0.2, -0.15) is 4.98 Å². The van der Waals surface area contributed by atoms with Gasteiger partial charge in [0.2, 0.25) is 5.88 Å². The zero-order chi connectivity index (χ0) is 18.7. The van der Waals surface area contributed by atoms with Crippen LogP contribution in [0, 0.1) is 24.0 Å². The van der Waals surface area contributed by atoms with E-state index in [0.717, 1.165) is 5.69 Å². The third kappa shape index (κ3) is 3.96. The average Bonchev–Trinajstić information content (AvgIpc) is 2.61. The predicted molar refractivity (Wildman–Crippen MR) is 94.2 cm³/mol. The Labute approximate surface area is 151 Å². The Morgan fingerprint density at radius 1 is 1.23 bits per heavy atom. The van der Waals surface area contributed by atoms with E-state index in [2.05, 4.69) is 9.97 Å². The Balaban J connectivity index is 1.63. The van der Waals surface area contributed by atoms with Crippen molar-refractivity contribution in [1.82, 2.24) is 14.9 Å². The fraction of sp³-hybridized carbons (Fsp3) is 0.389. The van der Waals surface area contributed by atoms with E-state index < -0.39 is 4.92 Å². The Bertz CT molecular complexity index is 811.